The van der Waals surface area contributed by atoms with Crippen LogP contribution in [0.2, 0.25) is 0 Å². The second kappa shape index (κ2) is 11.4. The van der Waals surface area contributed by atoms with Crippen LogP contribution in [0.4, 0.5) is 13.2 Å². The Morgan fingerprint density at radius 1 is 0.903 bits per heavy atom. The van der Waals surface area contributed by atoms with E-state index in [1.807, 2.05) is 0 Å². The maximum atomic E-state index is 14.6. The highest BCUT2D eigenvalue weighted by atomic mass is 19.1. The van der Waals surface area contributed by atoms with Crippen molar-refractivity contribution in [2.24, 2.45) is 17.8 Å². The van der Waals surface area contributed by atoms with Crippen LogP contribution in [0.5, 0.6) is 0 Å². The van der Waals surface area contributed by atoms with Crippen molar-refractivity contribution in [2.75, 3.05) is 0 Å². The summed E-state index contributed by atoms with van der Waals surface area (Å²) in [6.45, 7) is 4.45. The zero-order chi connectivity index (χ0) is 22.2. The van der Waals surface area contributed by atoms with E-state index in [0.717, 1.165) is 5.92 Å². The fraction of sp³-hybridized carbons (Fsp3) is 0.500. The van der Waals surface area contributed by atoms with Crippen LogP contribution in [0.15, 0.2) is 36.4 Å². The molecule has 0 radical (unpaired) electrons. The van der Waals surface area contributed by atoms with Gasteiger partial charge in [0.1, 0.15) is 17.5 Å². The summed E-state index contributed by atoms with van der Waals surface area (Å²) in [6, 6.07) is 8.38. The van der Waals surface area contributed by atoms with Gasteiger partial charge in [-0.25, -0.2) is 13.2 Å². The van der Waals surface area contributed by atoms with E-state index in [1.54, 1.807) is 0 Å². The van der Waals surface area contributed by atoms with Gasteiger partial charge in [-0.3, -0.25) is 0 Å². The van der Waals surface area contributed by atoms with Gasteiger partial charge in [0.2, 0.25) is 0 Å². The Labute approximate surface area is 185 Å². The van der Waals surface area contributed by atoms with E-state index < -0.39 is 11.6 Å². The quantitative estimate of drug-likeness (QED) is 0.310. The van der Waals surface area contributed by atoms with Crippen molar-refractivity contribution in [3.05, 3.63) is 70.5 Å². The lowest BCUT2D eigenvalue weighted by atomic mass is 9.73. The summed E-state index contributed by atoms with van der Waals surface area (Å²) in [6.07, 6.45) is 11.0. The molecule has 2 aromatic carbocycles. The van der Waals surface area contributed by atoms with Crippen molar-refractivity contribution < 1.29 is 13.2 Å². The van der Waals surface area contributed by atoms with E-state index >= 15 is 0 Å². The largest absolute Gasteiger partial charge is 0.207 e. The summed E-state index contributed by atoms with van der Waals surface area (Å²) in [7, 11) is 0. The molecule has 1 aliphatic carbocycles. The third-order valence-corrected chi connectivity index (χ3v) is 6.75. The Hall–Kier alpha value is -2.21. The van der Waals surface area contributed by atoms with Crippen LogP contribution in [0, 0.1) is 47.0 Å². The molecular formula is C28H33F3. The molecule has 0 bridgehead atoms. The van der Waals surface area contributed by atoms with E-state index in [4.69, 9.17) is 0 Å². The molecule has 0 heterocycles. The van der Waals surface area contributed by atoms with Crippen LogP contribution < -0.4 is 0 Å². The van der Waals surface area contributed by atoms with Crippen molar-refractivity contribution >= 4 is 0 Å². The van der Waals surface area contributed by atoms with Gasteiger partial charge in [-0.05, 0) is 79.0 Å². The molecule has 0 nitrogen and oxygen atoms in total. The van der Waals surface area contributed by atoms with Gasteiger partial charge in [-0.1, -0.05) is 64.2 Å². The first kappa shape index (κ1) is 23.5. The Balaban J connectivity index is 1.58. The van der Waals surface area contributed by atoms with Crippen molar-refractivity contribution in [1.82, 2.24) is 0 Å². The third kappa shape index (κ3) is 6.89. The first-order chi connectivity index (χ1) is 15.0. The Morgan fingerprint density at radius 3 is 2.16 bits per heavy atom. The van der Waals surface area contributed by atoms with Crippen molar-refractivity contribution in [2.45, 2.75) is 71.6 Å². The Bertz CT molecular complexity index is 873. The van der Waals surface area contributed by atoms with E-state index in [2.05, 4.69) is 25.7 Å². The van der Waals surface area contributed by atoms with Gasteiger partial charge in [-0.2, -0.15) is 0 Å². The fourth-order valence-electron chi connectivity index (χ4n) is 4.80. The number of rotatable bonds is 7. The first-order valence-electron chi connectivity index (χ1n) is 11.7. The van der Waals surface area contributed by atoms with Crippen LogP contribution in [-0.4, -0.2) is 0 Å². The SMILES string of the molecule is CCCCCC1CCC(C(C)Cc2cc(F)c(C#Cc3ccc(F)cc3)c(F)c2)CC1. The van der Waals surface area contributed by atoms with Crippen LogP contribution in [0.1, 0.15) is 81.9 Å². The Kier molecular flexibility index (Phi) is 8.64. The molecule has 0 aromatic heterocycles. The summed E-state index contributed by atoms with van der Waals surface area (Å²) in [4.78, 5) is 0. The van der Waals surface area contributed by atoms with Crippen LogP contribution in [0.25, 0.3) is 0 Å². The molecule has 166 valence electrons. The lowest BCUT2D eigenvalue weighted by Crippen LogP contribution is -2.21. The highest BCUT2D eigenvalue weighted by Crippen LogP contribution is 2.37. The molecule has 2 aromatic rings. The molecule has 1 unspecified atom stereocenters. The van der Waals surface area contributed by atoms with Gasteiger partial charge in [0.15, 0.2) is 0 Å². The number of hydrogen-bond donors (Lipinski definition) is 0. The predicted octanol–water partition coefficient (Wildman–Crippen LogP) is 8.07. The number of benzene rings is 2. The van der Waals surface area contributed by atoms with Crippen molar-refractivity contribution in [3.8, 4) is 11.8 Å². The molecule has 0 saturated heterocycles. The van der Waals surface area contributed by atoms with Gasteiger partial charge >= 0.3 is 0 Å². The fourth-order valence-corrected chi connectivity index (χ4v) is 4.80. The second-order valence-electron chi connectivity index (χ2n) is 9.15. The smallest absolute Gasteiger partial charge is 0.142 e. The summed E-state index contributed by atoms with van der Waals surface area (Å²) in [5.74, 6) is 5.55. The first-order valence-corrected chi connectivity index (χ1v) is 11.7. The minimum absolute atomic E-state index is 0.228. The van der Waals surface area contributed by atoms with Gasteiger partial charge in [0.05, 0.1) is 5.56 Å². The molecule has 0 N–H and O–H groups in total. The number of unbranched alkanes of at least 4 members (excludes halogenated alkanes) is 2. The monoisotopic (exact) mass is 426 g/mol. The lowest BCUT2D eigenvalue weighted by molar-refractivity contribution is 0.204. The highest BCUT2D eigenvalue weighted by Gasteiger charge is 2.25. The molecule has 3 rings (SSSR count). The standard InChI is InChI=1S/C28H33F3/c1-3-4-5-6-21-7-12-24(13-8-21)20(2)17-23-18-27(30)26(28(31)19-23)16-11-22-9-14-25(29)15-10-22/h9-10,14-15,18-21,24H,3-8,12-13,17H2,1-2H3. The average molecular weight is 427 g/mol. The molecule has 3 heteroatoms. The summed E-state index contributed by atoms with van der Waals surface area (Å²) in [5.41, 5.74) is 0.983. The predicted molar refractivity (Wildman–Crippen MR) is 121 cm³/mol. The Morgan fingerprint density at radius 2 is 1.55 bits per heavy atom. The van der Waals surface area contributed by atoms with Crippen LogP contribution in [-0.2, 0) is 6.42 Å². The van der Waals surface area contributed by atoms with E-state index in [9.17, 15) is 13.2 Å². The second-order valence-corrected chi connectivity index (χ2v) is 9.15. The summed E-state index contributed by atoms with van der Waals surface area (Å²) < 4.78 is 42.1. The zero-order valence-corrected chi connectivity index (χ0v) is 18.7. The normalized spacial score (nSPS) is 19.5. The summed E-state index contributed by atoms with van der Waals surface area (Å²) in [5, 5.41) is 0. The minimum atomic E-state index is -0.628. The molecule has 0 spiro atoms. The molecule has 1 aliphatic rings. The molecule has 1 saturated carbocycles. The lowest BCUT2D eigenvalue weighted by Gasteiger charge is -2.32. The topological polar surface area (TPSA) is 0 Å². The van der Waals surface area contributed by atoms with Gasteiger partial charge in [-0.15, -0.1) is 0 Å². The zero-order valence-electron chi connectivity index (χ0n) is 18.7. The average Bonchev–Trinajstić information content (AvgIpc) is 2.75. The van der Waals surface area contributed by atoms with Gasteiger partial charge < -0.3 is 0 Å². The van der Waals surface area contributed by atoms with E-state index in [0.29, 0.717) is 29.4 Å². The molecular weight excluding hydrogens is 393 g/mol. The third-order valence-electron chi connectivity index (χ3n) is 6.75. The van der Waals surface area contributed by atoms with Crippen molar-refractivity contribution in [3.63, 3.8) is 0 Å². The van der Waals surface area contributed by atoms with Crippen LogP contribution in [0.3, 0.4) is 0 Å². The van der Waals surface area contributed by atoms with Crippen LogP contribution >= 0.6 is 0 Å². The molecule has 0 aliphatic heterocycles. The maximum Gasteiger partial charge on any atom is 0.142 e. The van der Waals surface area contributed by atoms with Gasteiger partial charge in [0, 0.05) is 5.56 Å². The summed E-state index contributed by atoms with van der Waals surface area (Å²) >= 11 is 0. The highest BCUT2D eigenvalue weighted by molar-refractivity contribution is 5.45. The van der Waals surface area contributed by atoms with Crippen molar-refractivity contribution in [1.29, 1.82) is 0 Å². The molecule has 31 heavy (non-hydrogen) atoms. The molecule has 0 amide bonds. The maximum absolute atomic E-state index is 14.6. The van der Waals surface area contributed by atoms with E-state index in [1.165, 1.54) is 87.8 Å². The minimum Gasteiger partial charge on any atom is -0.207 e. The molecule has 1 atom stereocenters. The van der Waals surface area contributed by atoms with E-state index in [-0.39, 0.29) is 11.4 Å². The number of hydrogen-bond acceptors (Lipinski definition) is 0. The van der Waals surface area contributed by atoms with Gasteiger partial charge in [0.25, 0.3) is 0 Å². The number of halogens is 3. The molecule has 1 fully saturated rings.